The second-order valence-corrected chi connectivity index (χ2v) is 4.78. The van der Waals surface area contributed by atoms with Crippen LogP contribution in [0.1, 0.15) is 11.1 Å². The summed E-state index contributed by atoms with van der Waals surface area (Å²) in [5, 5.41) is 16.6. The van der Waals surface area contributed by atoms with Gasteiger partial charge in [0, 0.05) is 50.6 Å². The first-order valence-corrected chi connectivity index (χ1v) is 7.00. The molecule has 2 radical (unpaired) electrons. The molecule has 0 aliphatic rings. The van der Waals surface area contributed by atoms with Gasteiger partial charge >= 0.3 is 11.9 Å². The SMILES string of the molecule is O=C(O)C(=O)Cc1ccccc1.O=C(O)C(=O)Cc1ccccc1.[Ca]. The molecule has 2 N–H and O–H groups in total. The molecule has 2 rings (SSSR count). The normalized spacial score (nSPS) is 8.96. The molecule has 0 heterocycles. The molecule has 0 saturated heterocycles. The summed E-state index contributed by atoms with van der Waals surface area (Å²) in [7, 11) is 0. The summed E-state index contributed by atoms with van der Waals surface area (Å²) in [5.41, 5.74) is 1.45. The van der Waals surface area contributed by atoms with E-state index >= 15 is 0 Å². The number of ketones is 2. The molecular formula is C18H16CaO6. The molecule has 25 heavy (non-hydrogen) atoms. The first kappa shape index (κ1) is 23.0. The maximum atomic E-state index is 10.7. The maximum absolute atomic E-state index is 10.7. The number of rotatable bonds is 6. The van der Waals surface area contributed by atoms with Gasteiger partial charge in [0.05, 0.1) is 0 Å². The van der Waals surface area contributed by atoms with Crippen LogP contribution in [-0.2, 0) is 32.0 Å². The van der Waals surface area contributed by atoms with Gasteiger partial charge in [0.2, 0.25) is 11.6 Å². The predicted octanol–water partition coefficient (Wildman–Crippen LogP) is 1.38. The van der Waals surface area contributed by atoms with Gasteiger partial charge in [-0.25, -0.2) is 9.59 Å². The minimum atomic E-state index is -1.38. The Morgan fingerprint density at radius 2 is 0.880 bits per heavy atom. The van der Waals surface area contributed by atoms with Crippen LogP contribution in [0.3, 0.4) is 0 Å². The molecule has 0 saturated carbocycles. The third-order valence-electron chi connectivity index (χ3n) is 2.89. The molecule has 7 heteroatoms. The Morgan fingerprint density at radius 3 is 1.12 bits per heavy atom. The number of hydrogen-bond acceptors (Lipinski definition) is 4. The number of carboxylic acids is 2. The van der Waals surface area contributed by atoms with Gasteiger partial charge in [-0.1, -0.05) is 60.7 Å². The summed E-state index contributed by atoms with van der Waals surface area (Å²) in [6, 6.07) is 17.6. The quantitative estimate of drug-likeness (QED) is 0.589. The first-order chi connectivity index (χ1) is 11.4. The molecule has 2 aromatic carbocycles. The molecule has 2 aromatic rings. The number of benzene rings is 2. The van der Waals surface area contributed by atoms with Crippen LogP contribution in [0, 0.1) is 0 Å². The predicted molar refractivity (Wildman–Crippen MR) is 91.3 cm³/mol. The van der Waals surface area contributed by atoms with E-state index in [2.05, 4.69) is 0 Å². The average molecular weight is 368 g/mol. The van der Waals surface area contributed by atoms with Crippen molar-refractivity contribution in [3.8, 4) is 0 Å². The van der Waals surface area contributed by atoms with Crippen LogP contribution in [0.25, 0.3) is 0 Å². The second-order valence-electron chi connectivity index (χ2n) is 4.78. The Hall–Kier alpha value is -2.02. The van der Waals surface area contributed by atoms with Crippen LogP contribution < -0.4 is 0 Å². The van der Waals surface area contributed by atoms with Crippen molar-refractivity contribution in [1.29, 1.82) is 0 Å². The van der Waals surface area contributed by atoms with Crippen molar-refractivity contribution < 1.29 is 29.4 Å². The largest absolute Gasteiger partial charge is 0.475 e. The molecule has 0 atom stereocenters. The molecule has 0 spiro atoms. The molecule has 6 nitrogen and oxygen atoms in total. The molecule has 0 fully saturated rings. The van der Waals surface area contributed by atoms with E-state index in [0.717, 1.165) is 11.1 Å². The van der Waals surface area contributed by atoms with E-state index in [9.17, 15) is 19.2 Å². The number of carbonyl (C=O) groups is 4. The second kappa shape index (κ2) is 12.4. The van der Waals surface area contributed by atoms with Gasteiger partial charge in [-0.2, -0.15) is 0 Å². The summed E-state index contributed by atoms with van der Waals surface area (Å²) >= 11 is 0. The monoisotopic (exact) mass is 368 g/mol. The fourth-order valence-corrected chi connectivity index (χ4v) is 1.71. The zero-order chi connectivity index (χ0) is 17.9. The van der Waals surface area contributed by atoms with Crippen LogP contribution in [-0.4, -0.2) is 71.5 Å². The molecule has 0 unspecified atom stereocenters. The average Bonchev–Trinajstić information content (AvgIpc) is 2.57. The van der Waals surface area contributed by atoms with E-state index in [0.29, 0.717) is 0 Å². The zero-order valence-corrected chi connectivity index (χ0v) is 15.6. The number of Topliss-reactive ketones (excluding diaryl/α,β-unsaturated/α-hetero) is 2. The molecule has 0 aliphatic carbocycles. The summed E-state index contributed by atoms with van der Waals surface area (Å²) in [4.78, 5) is 41.7. The first-order valence-electron chi connectivity index (χ1n) is 7.00. The molecule has 0 aliphatic heterocycles. The van der Waals surface area contributed by atoms with Gasteiger partial charge in [0.25, 0.3) is 0 Å². The summed E-state index contributed by atoms with van der Waals surface area (Å²) in [6.45, 7) is 0. The van der Waals surface area contributed by atoms with Gasteiger partial charge in [-0.15, -0.1) is 0 Å². The third kappa shape index (κ3) is 9.76. The zero-order valence-electron chi connectivity index (χ0n) is 13.4. The van der Waals surface area contributed by atoms with E-state index in [1.54, 1.807) is 48.5 Å². The fraction of sp³-hybridized carbons (Fsp3) is 0.111. The van der Waals surface area contributed by atoms with Crippen molar-refractivity contribution >= 4 is 61.2 Å². The van der Waals surface area contributed by atoms with Crippen molar-refractivity contribution in [2.24, 2.45) is 0 Å². The van der Waals surface area contributed by atoms with Crippen molar-refractivity contribution in [2.45, 2.75) is 12.8 Å². The van der Waals surface area contributed by atoms with Gasteiger partial charge in [-0.05, 0) is 11.1 Å². The minimum Gasteiger partial charge on any atom is -0.475 e. The summed E-state index contributed by atoms with van der Waals surface area (Å²) in [5.74, 6) is -4.31. The van der Waals surface area contributed by atoms with Gasteiger partial charge in [0.15, 0.2) is 0 Å². The smallest absolute Gasteiger partial charge is 0.372 e. The topological polar surface area (TPSA) is 109 Å². The Morgan fingerprint density at radius 1 is 0.600 bits per heavy atom. The van der Waals surface area contributed by atoms with Crippen LogP contribution >= 0.6 is 0 Å². The third-order valence-corrected chi connectivity index (χ3v) is 2.89. The van der Waals surface area contributed by atoms with E-state index in [1.807, 2.05) is 12.1 Å². The van der Waals surface area contributed by atoms with E-state index in [1.165, 1.54) is 0 Å². The van der Waals surface area contributed by atoms with E-state index < -0.39 is 23.5 Å². The molecule has 0 bridgehead atoms. The van der Waals surface area contributed by atoms with Gasteiger partial charge in [0.1, 0.15) is 0 Å². The van der Waals surface area contributed by atoms with Crippen LogP contribution in [0.15, 0.2) is 60.7 Å². The summed E-state index contributed by atoms with van der Waals surface area (Å²) < 4.78 is 0. The van der Waals surface area contributed by atoms with Crippen molar-refractivity contribution in [2.75, 3.05) is 0 Å². The van der Waals surface area contributed by atoms with Crippen LogP contribution in [0.5, 0.6) is 0 Å². The van der Waals surface area contributed by atoms with Gasteiger partial charge in [-0.3, -0.25) is 9.59 Å². The molecule has 0 amide bonds. The Balaban J connectivity index is 0.000000443. The maximum Gasteiger partial charge on any atom is 0.372 e. The van der Waals surface area contributed by atoms with E-state index in [4.69, 9.17) is 10.2 Å². The minimum absolute atomic E-state index is 0. The summed E-state index contributed by atoms with van der Waals surface area (Å²) in [6.07, 6.45) is -0.0631. The van der Waals surface area contributed by atoms with Crippen molar-refractivity contribution in [3.05, 3.63) is 71.8 Å². The van der Waals surface area contributed by atoms with Crippen molar-refractivity contribution in [3.63, 3.8) is 0 Å². The van der Waals surface area contributed by atoms with E-state index in [-0.39, 0.29) is 50.6 Å². The number of carboxylic acid groups (broad SMARTS) is 2. The molecule has 0 aromatic heterocycles. The number of aliphatic carboxylic acids is 2. The van der Waals surface area contributed by atoms with Crippen LogP contribution in [0.2, 0.25) is 0 Å². The van der Waals surface area contributed by atoms with Crippen LogP contribution in [0.4, 0.5) is 0 Å². The number of hydrogen-bond donors (Lipinski definition) is 2. The van der Waals surface area contributed by atoms with Gasteiger partial charge < -0.3 is 10.2 Å². The molecule has 126 valence electrons. The number of carbonyl (C=O) groups excluding carboxylic acids is 2. The Bertz CT molecular complexity index is 649. The Kier molecular flexibility index (Phi) is 11.4. The van der Waals surface area contributed by atoms with Crippen molar-refractivity contribution in [1.82, 2.24) is 0 Å². The molecular weight excluding hydrogens is 352 g/mol. The fourth-order valence-electron chi connectivity index (χ4n) is 1.71. The Labute approximate surface area is 174 Å². The standard InChI is InChI=1S/2C9H8O3.Ca/c2*10-8(9(11)12)6-7-4-2-1-3-5-7;/h2*1-5H,6H2,(H,11,12);.